The Hall–Kier alpha value is -2.54. The number of hydrogen-bond donors (Lipinski definition) is 0. The van der Waals surface area contributed by atoms with Gasteiger partial charge in [-0.1, -0.05) is 6.07 Å². The molecule has 0 saturated carbocycles. The van der Waals surface area contributed by atoms with Crippen LogP contribution < -0.4 is 9.64 Å². The van der Waals surface area contributed by atoms with Gasteiger partial charge in [-0.3, -0.25) is 0 Å². The first-order valence-corrected chi connectivity index (χ1v) is 6.17. The summed E-state index contributed by atoms with van der Waals surface area (Å²) < 4.78 is 18.9. The van der Waals surface area contributed by atoms with E-state index in [1.165, 1.54) is 12.1 Å². The minimum atomic E-state index is -0.307. The molecule has 0 fully saturated rings. The Labute approximate surface area is 117 Å². The molecule has 0 N–H and O–H groups in total. The van der Waals surface area contributed by atoms with Crippen molar-refractivity contribution in [2.45, 2.75) is 6.54 Å². The number of anilines is 1. The monoisotopic (exact) mass is 270 g/mol. The van der Waals surface area contributed by atoms with Crippen LogP contribution in [0.3, 0.4) is 0 Å². The molecule has 2 aromatic rings. The van der Waals surface area contributed by atoms with E-state index in [1.54, 1.807) is 13.2 Å². The molecule has 2 rings (SSSR count). The molecule has 0 aromatic heterocycles. The van der Waals surface area contributed by atoms with Gasteiger partial charge in [0.15, 0.2) is 0 Å². The zero-order chi connectivity index (χ0) is 14.5. The van der Waals surface area contributed by atoms with Gasteiger partial charge in [-0.15, -0.1) is 0 Å². The molecule has 0 atom stereocenters. The van der Waals surface area contributed by atoms with Crippen LogP contribution in [-0.4, -0.2) is 14.2 Å². The minimum Gasteiger partial charge on any atom is -0.497 e. The molecule has 20 heavy (non-hydrogen) atoms. The normalized spacial score (nSPS) is 9.90. The number of methoxy groups -OCH3 is 1. The number of ether oxygens (including phenoxy) is 1. The van der Waals surface area contributed by atoms with E-state index in [9.17, 15) is 4.39 Å². The fourth-order valence-corrected chi connectivity index (χ4v) is 1.96. The molecule has 0 unspecified atom stereocenters. The van der Waals surface area contributed by atoms with Gasteiger partial charge in [0, 0.05) is 30.9 Å². The van der Waals surface area contributed by atoms with Crippen molar-refractivity contribution in [1.82, 2.24) is 0 Å². The Morgan fingerprint density at radius 2 is 2.05 bits per heavy atom. The summed E-state index contributed by atoms with van der Waals surface area (Å²) >= 11 is 0. The summed E-state index contributed by atoms with van der Waals surface area (Å²) in [5.41, 5.74) is 1.88. The van der Waals surface area contributed by atoms with Gasteiger partial charge >= 0.3 is 0 Å². The first-order valence-electron chi connectivity index (χ1n) is 6.17. The van der Waals surface area contributed by atoms with Crippen LogP contribution >= 0.6 is 0 Å². The highest BCUT2D eigenvalue weighted by Gasteiger charge is 2.08. The molecule has 0 heterocycles. The highest BCUT2D eigenvalue weighted by molar-refractivity contribution is 5.50. The summed E-state index contributed by atoms with van der Waals surface area (Å²) in [4.78, 5) is 1.90. The van der Waals surface area contributed by atoms with Crippen molar-refractivity contribution in [3.63, 3.8) is 0 Å². The zero-order valence-corrected chi connectivity index (χ0v) is 11.4. The van der Waals surface area contributed by atoms with Crippen LogP contribution in [0.5, 0.6) is 5.75 Å². The standard InChI is InChI=1S/C16H15FN2O/c1-19(14-4-3-5-15(9-14)20-2)11-13-8-12(10-18)6-7-16(13)17/h3-9H,11H2,1-2H3. The lowest BCUT2D eigenvalue weighted by Gasteiger charge is -2.20. The smallest absolute Gasteiger partial charge is 0.128 e. The van der Waals surface area contributed by atoms with Crippen LogP contribution in [0.2, 0.25) is 0 Å². The predicted molar refractivity (Wildman–Crippen MR) is 76.2 cm³/mol. The quantitative estimate of drug-likeness (QED) is 0.855. The van der Waals surface area contributed by atoms with Crippen molar-refractivity contribution in [3.8, 4) is 11.8 Å². The van der Waals surface area contributed by atoms with E-state index in [0.717, 1.165) is 11.4 Å². The molecule has 0 saturated heterocycles. The van der Waals surface area contributed by atoms with Gasteiger partial charge in [-0.05, 0) is 30.3 Å². The van der Waals surface area contributed by atoms with Gasteiger partial charge in [-0.25, -0.2) is 4.39 Å². The molecule has 4 heteroatoms. The number of nitrogens with zero attached hydrogens (tertiary/aromatic N) is 2. The largest absolute Gasteiger partial charge is 0.497 e. The Bertz CT molecular complexity index is 649. The number of nitriles is 1. The summed E-state index contributed by atoms with van der Waals surface area (Å²) in [7, 11) is 3.47. The molecule has 3 nitrogen and oxygen atoms in total. The second-order valence-electron chi connectivity index (χ2n) is 4.48. The third kappa shape index (κ3) is 3.07. The van der Waals surface area contributed by atoms with E-state index >= 15 is 0 Å². The van der Waals surface area contributed by atoms with Crippen LogP contribution in [0.1, 0.15) is 11.1 Å². The van der Waals surface area contributed by atoms with Crippen LogP contribution in [0.4, 0.5) is 10.1 Å². The van der Waals surface area contributed by atoms with E-state index in [2.05, 4.69) is 0 Å². The van der Waals surface area contributed by atoms with Gasteiger partial charge in [0.1, 0.15) is 11.6 Å². The summed E-state index contributed by atoms with van der Waals surface area (Å²) in [6.45, 7) is 0.383. The third-order valence-electron chi connectivity index (χ3n) is 3.08. The Balaban J connectivity index is 2.23. The maximum atomic E-state index is 13.8. The molecule has 0 aliphatic carbocycles. The first kappa shape index (κ1) is 13.9. The summed E-state index contributed by atoms with van der Waals surface area (Å²) in [5.74, 6) is 0.444. The number of benzene rings is 2. The zero-order valence-electron chi connectivity index (χ0n) is 11.4. The summed E-state index contributed by atoms with van der Waals surface area (Å²) in [5, 5.41) is 8.87. The van der Waals surface area contributed by atoms with Crippen LogP contribution in [-0.2, 0) is 6.54 Å². The Kier molecular flexibility index (Phi) is 4.21. The molecule has 0 aliphatic heterocycles. The van der Waals surface area contributed by atoms with Crippen LogP contribution in [0.15, 0.2) is 42.5 Å². The van der Waals surface area contributed by atoms with E-state index in [0.29, 0.717) is 17.7 Å². The lowest BCUT2D eigenvalue weighted by Crippen LogP contribution is -2.17. The molecule has 102 valence electrons. The first-order chi connectivity index (χ1) is 9.63. The predicted octanol–water partition coefficient (Wildman–Crippen LogP) is 3.34. The average Bonchev–Trinajstić information content (AvgIpc) is 2.49. The van der Waals surface area contributed by atoms with E-state index in [-0.39, 0.29) is 5.82 Å². The van der Waals surface area contributed by atoms with Crippen molar-refractivity contribution < 1.29 is 9.13 Å². The Morgan fingerprint density at radius 3 is 2.75 bits per heavy atom. The average molecular weight is 270 g/mol. The van der Waals surface area contributed by atoms with Crippen molar-refractivity contribution in [1.29, 1.82) is 5.26 Å². The van der Waals surface area contributed by atoms with Crippen LogP contribution in [0.25, 0.3) is 0 Å². The minimum absolute atomic E-state index is 0.307. The second-order valence-corrected chi connectivity index (χ2v) is 4.48. The molecule has 0 amide bonds. The van der Waals surface area contributed by atoms with Gasteiger partial charge in [0.25, 0.3) is 0 Å². The fourth-order valence-electron chi connectivity index (χ4n) is 1.96. The summed E-state index contributed by atoms with van der Waals surface area (Å²) in [6, 6.07) is 13.9. The SMILES string of the molecule is COc1cccc(N(C)Cc2cc(C#N)ccc2F)c1. The van der Waals surface area contributed by atoms with Crippen LogP contribution in [0, 0.1) is 17.1 Å². The third-order valence-corrected chi connectivity index (χ3v) is 3.08. The van der Waals surface area contributed by atoms with Crippen molar-refractivity contribution in [2.75, 3.05) is 19.1 Å². The van der Waals surface area contributed by atoms with E-state index in [4.69, 9.17) is 10.00 Å². The van der Waals surface area contributed by atoms with Gasteiger partial charge in [-0.2, -0.15) is 5.26 Å². The van der Waals surface area contributed by atoms with E-state index < -0.39 is 0 Å². The molecule has 0 spiro atoms. The number of rotatable bonds is 4. The van der Waals surface area contributed by atoms with Crippen molar-refractivity contribution >= 4 is 5.69 Å². The van der Waals surface area contributed by atoms with Crippen molar-refractivity contribution in [3.05, 3.63) is 59.4 Å². The van der Waals surface area contributed by atoms with E-state index in [1.807, 2.05) is 42.3 Å². The van der Waals surface area contributed by atoms with Gasteiger partial charge in [0.05, 0.1) is 18.7 Å². The summed E-state index contributed by atoms with van der Waals surface area (Å²) in [6.07, 6.45) is 0. The lowest BCUT2D eigenvalue weighted by molar-refractivity contribution is 0.415. The van der Waals surface area contributed by atoms with Crippen molar-refractivity contribution in [2.24, 2.45) is 0 Å². The highest BCUT2D eigenvalue weighted by Crippen LogP contribution is 2.22. The number of hydrogen-bond acceptors (Lipinski definition) is 3. The topological polar surface area (TPSA) is 36.3 Å². The highest BCUT2D eigenvalue weighted by atomic mass is 19.1. The maximum absolute atomic E-state index is 13.8. The molecule has 2 aromatic carbocycles. The molecular formula is C16H15FN2O. The lowest BCUT2D eigenvalue weighted by atomic mass is 10.1. The molecule has 0 bridgehead atoms. The van der Waals surface area contributed by atoms with Gasteiger partial charge in [0.2, 0.25) is 0 Å². The number of halogens is 1. The second kappa shape index (κ2) is 6.07. The maximum Gasteiger partial charge on any atom is 0.128 e. The van der Waals surface area contributed by atoms with Gasteiger partial charge < -0.3 is 9.64 Å². The molecule has 0 radical (unpaired) electrons. The fraction of sp³-hybridized carbons (Fsp3) is 0.188. The molecule has 0 aliphatic rings. The molecular weight excluding hydrogens is 255 g/mol. The Morgan fingerprint density at radius 1 is 1.25 bits per heavy atom.